The van der Waals surface area contributed by atoms with Crippen molar-refractivity contribution in [3.8, 4) is 0 Å². The minimum Gasteiger partial charge on any atom is -0.393 e. The number of thioether (sulfide) groups is 1. The van der Waals surface area contributed by atoms with Crippen LogP contribution < -0.4 is 5.32 Å². The van der Waals surface area contributed by atoms with E-state index in [4.69, 9.17) is 4.74 Å². The molecule has 2 aliphatic heterocycles. The molecule has 0 aromatic heterocycles. The number of carbonyl (C=O) groups excluding carboxylic acids is 2. The van der Waals surface area contributed by atoms with Gasteiger partial charge in [0.15, 0.2) is 5.78 Å². The first kappa shape index (κ1) is 22.2. The zero-order valence-electron chi connectivity index (χ0n) is 19.8. The number of hydrogen-bond donors (Lipinski definition) is 2. The maximum absolute atomic E-state index is 13.4. The van der Waals surface area contributed by atoms with Gasteiger partial charge in [0.05, 0.1) is 23.1 Å². The zero-order valence-corrected chi connectivity index (χ0v) is 20.6. The Morgan fingerprint density at radius 3 is 2.52 bits per heavy atom. The van der Waals surface area contributed by atoms with Gasteiger partial charge in [-0.25, -0.2) is 0 Å². The average Bonchev–Trinajstić information content (AvgIpc) is 2.98. The molecule has 0 aromatic rings. The number of rotatable bonds is 1. The van der Waals surface area contributed by atoms with Crippen LogP contribution in [0, 0.1) is 40.4 Å². The molecule has 5 rings (SSSR count). The van der Waals surface area contributed by atoms with E-state index in [1.807, 2.05) is 6.26 Å². The Morgan fingerprint density at radius 1 is 1.13 bits per heavy atom. The van der Waals surface area contributed by atoms with E-state index in [9.17, 15) is 14.7 Å². The molecule has 5 nitrogen and oxygen atoms in total. The molecule has 5 aliphatic rings. The first-order valence-corrected chi connectivity index (χ1v) is 13.5. The van der Waals surface area contributed by atoms with Gasteiger partial charge in [0, 0.05) is 35.1 Å². The lowest BCUT2D eigenvalue weighted by Crippen LogP contribution is -2.74. The first-order chi connectivity index (χ1) is 14.5. The van der Waals surface area contributed by atoms with Crippen LogP contribution in [0.2, 0.25) is 0 Å². The van der Waals surface area contributed by atoms with Crippen molar-refractivity contribution in [2.24, 2.45) is 40.4 Å². The second-order valence-corrected chi connectivity index (χ2v) is 13.1. The molecule has 174 valence electrons. The maximum atomic E-state index is 13.4. The second kappa shape index (κ2) is 6.96. The summed E-state index contributed by atoms with van der Waals surface area (Å²) in [4.78, 5) is 26.1. The molecular formula is C25H39NO4S. The van der Waals surface area contributed by atoms with E-state index in [0.717, 1.165) is 25.7 Å². The Morgan fingerprint density at radius 2 is 1.84 bits per heavy atom. The number of Topliss-reactive ketones (excluding diaryl/α,β-unsaturated/α-hetero) is 1. The standard InChI is InChI=1S/C25H39NO4S/c1-12-7-8-18-23(3,4)21(28)17(31-6)11-25(18)24(12,5)10-15-16(27)9-14-19(20(15)30-25)13(2)26-22(14)29/h12-20,27H,7-11H2,1-6H3,(H,26,29). The molecule has 0 aromatic carbocycles. The van der Waals surface area contributed by atoms with Crippen LogP contribution in [0.15, 0.2) is 0 Å². The number of ether oxygens (including phenoxy) is 1. The molecule has 1 spiro atoms. The van der Waals surface area contributed by atoms with Crippen LogP contribution in [0.1, 0.15) is 66.7 Å². The lowest BCUT2D eigenvalue weighted by Gasteiger charge is -2.70. The van der Waals surface area contributed by atoms with Crippen molar-refractivity contribution in [3.63, 3.8) is 0 Å². The summed E-state index contributed by atoms with van der Waals surface area (Å²) in [5, 5.41) is 14.2. The highest BCUT2D eigenvalue weighted by atomic mass is 32.2. The van der Waals surface area contributed by atoms with Gasteiger partial charge in [-0.15, -0.1) is 0 Å². The predicted octanol–water partition coefficient (Wildman–Crippen LogP) is 3.43. The maximum Gasteiger partial charge on any atom is 0.223 e. The number of amides is 1. The molecule has 3 saturated carbocycles. The fourth-order valence-electron chi connectivity index (χ4n) is 8.71. The van der Waals surface area contributed by atoms with E-state index < -0.39 is 11.5 Å². The van der Waals surface area contributed by atoms with Crippen LogP contribution in [0.3, 0.4) is 0 Å². The van der Waals surface area contributed by atoms with Crippen molar-refractivity contribution in [3.05, 3.63) is 0 Å². The normalized spacial score (nSPS) is 55.5. The monoisotopic (exact) mass is 449 g/mol. The van der Waals surface area contributed by atoms with Gasteiger partial charge in [-0.1, -0.05) is 27.7 Å². The summed E-state index contributed by atoms with van der Waals surface area (Å²) in [6.07, 6.45) is 5.76. The Bertz CT molecular complexity index is 800. The zero-order chi connectivity index (χ0) is 22.5. The summed E-state index contributed by atoms with van der Waals surface area (Å²) in [5.41, 5.74) is -0.901. The third-order valence-corrected chi connectivity index (χ3v) is 11.6. The summed E-state index contributed by atoms with van der Waals surface area (Å²) < 4.78 is 7.36. The summed E-state index contributed by atoms with van der Waals surface area (Å²) in [7, 11) is 0. The molecule has 0 bridgehead atoms. The number of nitrogens with one attached hydrogen (secondary N) is 1. The lowest BCUT2D eigenvalue weighted by atomic mass is 9.42. The van der Waals surface area contributed by atoms with Crippen molar-refractivity contribution in [2.75, 3.05) is 6.26 Å². The third kappa shape index (κ3) is 2.70. The highest BCUT2D eigenvalue weighted by molar-refractivity contribution is 7.99. The van der Waals surface area contributed by atoms with Crippen LogP contribution in [0.5, 0.6) is 0 Å². The molecule has 11 unspecified atom stereocenters. The Kier molecular flexibility index (Phi) is 4.99. The van der Waals surface area contributed by atoms with Crippen molar-refractivity contribution in [1.29, 1.82) is 0 Å². The van der Waals surface area contributed by atoms with Crippen LogP contribution >= 0.6 is 11.8 Å². The first-order valence-electron chi connectivity index (χ1n) is 12.2. The minimum absolute atomic E-state index is 0.0571. The van der Waals surface area contributed by atoms with Crippen LogP contribution in [-0.4, -0.2) is 52.2 Å². The minimum atomic E-state index is -0.501. The molecule has 2 N–H and O–H groups in total. The van der Waals surface area contributed by atoms with Gasteiger partial charge in [-0.05, 0) is 56.6 Å². The fourth-order valence-corrected chi connectivity index (χ4v) is 9.64. The Hall–Kier alpha value is -0.590. The summed E-state index contributed by atoms with van der Waals surface area (Å²) in [6, 6.07) is 0.0623. The number of fused-ring (bicyclic) bond motifs is 3. The number of hydrogen-bond acceptors (Lipinski definition) is 5. The molecule has 3 aliphatic carbocycles. The summed E-state index contributed by atoms with van der Waals surface area (Å²) in [6.45, 7) is 11.1. The van der Waals surface area contributed by atoms with E-state index in [2.05, 4.69) is 39.9 Å². The summed E-state index contributed by atoms with van der Waals surface area (Å²) in [5.74, 6) is 1.08. The van der Waals surface area contributed by atoms with Crippen molar-refractivity contribution >= 4 is 23.5 Å². The third-order valence-electron chi connectivity index (χ3n) is 10.6. The van der Waals surface area contributed by atoms with Crippen LogP contribution in [-0.2, 0) is 14.3 Å². The van der Waals surface area contributed by atoms with E-state index in [1.165, 1.54) is 0 Å². The van der Waals surface area contributed by atoms with E-state index in [0.29, 0.717) is 18.1 Å². The summed E-state index contributed by atoms with van der Waals surface area (Å²) >= 11 is 1.67. The molecule has 0 radical (unpaired) electrons. The second-order valence-electron chi connectivity index (χ2n) is 12.1. The molecular weight excluding hydrogens is 410 g/mol. The Balaban J connectivity index is 1.64. The van der Waals surface area contributed by atoms with Crippen LogP contribution in [0.4, 0.5) is 0 Å². The number of aliphatic hydroxyl groups excluding tert-OH is 1. The molecule has 11 atom stereocenters. The highest BCUT2D eigenvalue weighted by Gasteiger charge is 2.72. The number of carbonyl (C=O) groups is 2. The number of aliphatic hydroxyl groups is 1. The lowest BCUT2D eigenvalue weighted by molar-refractivity contribution is -0.323. The van der Waals surface area contributed by atoms with Gasteiger partial charge in [0.2, 0.25) is 5.91 Å². The smallest absolute Gasteiger partial charge is 0.223 e. The molecule has 2 heterocycles. The topological polar surface area (TPSA) is 75.6 Å². The van der Waals surface area contributed by atoms with E-state index in [-0.39, 0.29) is 58.0 Å². The van der Waals surface area contributed by atoms with E-state index >= 15 is 0 Å². The van der Waals surface area contributed by atoms with Crippen molar-refractivity contribution < 1.29 is 19.4 Å². The van der Waals surface area contributed by atoms with Crippen molar-refractivity contribution in [2.45, 2.75) is 95.8 Å². The van der Waals surface area contributed by atoms with Gasteiger partial charge < -0.3 is 15.2 Å². The molecule has 5 fully saturated rings. The van der Waals surface area contributed by atoms with Crippen LogP contribution in [0.25, 0.3) is 0 Å². The fraction of sp³-hybridized carbons (Fsp3) is 0.920. The quantitative estimate of drug-likeness (QED) is 0.641. The molecule has 1 amide bonds. The Labute approximate surface area is 190 Å². The van der Waals surface area contributed by atoms with Crippen molar-refractivity contribution in [1.82, 2.24) is 5.32 Å². The molecule has 6 heteroatoms. The predicted molar refractivity (Wildman–Crippen MR) is 122 cm³/mol. The molecule has 2 saturated heterocycles. The largest absolute Gasteiger partial charge is 0.393 e. The number of ketones is 1. The van der Waals surface area contributed by atoms with Gasteiger partial charge >= 0.3 is 0 Å². The SMILES string of the molecule is CSC1CC23OC4C(CC2(C)C(C)CCC3C(C)(C)C1=O)C(O)CC1C(=O)NC(C)C14. The van der Waals surface area contributed by atoms with Gasteiger partial charge in [-0.3, -0.25) is 9.59 Å². The van der Waals surface area contributed by atoms with E-state index in [1.54, 1.807) is 11.8 Å². The van der Waals surface area contributed by atoms with Gasteiger partial charge in [0.25, 0.3) is 0 Å². The van der Waals surface area contributed by atoms with Gasteiger partial charge in [0.1, 0.15) is 0 Å². The van der Waals surface area contributed by atoms with Gasteiger partial charge in [-0.2, -0.15) is 11.8 Å². The molecule has 31 heavy (non-hydrogen) atoms. The average molecular weight is 450 g/mol. The highest BCUT2D eigenvalue weighted by Crippen LogP contribution is 2.68.